The second-order valence-electron chi connectivity index (χ2n) is 4.23. The van der Waals surface area contributed by atoms with E-state index in [1.807, 2.05) is 0 Å². The monoisotopic (exact) mass is 285 g/mol. The number of amides is 1. The fraction of sp³-hybridized carbons (Fsp3) is 0.500. The maximum absolute atomic E-state index is 11.6. The Hall–Kier alpha value is -2.17. The number of aliphatic hydroxyl groups is 2. The maximum Gasteiger partial charge on any atom is 0.278 e. The predicted octanol–water partition coefficient (Wildman–Crippen LogP) is -2.20. The van der Waals surface area contributed by atoms with Gasteiger partial charge in [0.15, 0.2) is 5.82 Å². The van der Waals surface area contributed by atoms with Crippen LogP contribution < -0.4 is 21.9 Å². The molecule has 1 aliphatic rings. The summed E-state index contributed by atoms with van der Waals surface area (Å²) in [6.45, 7) is -0.330. The van der Waals surface area contributed by atoms with E-state index in [0.717, 1.165) is 0 Å². The quantitative estimate of drug-likeness (QED) is 0.332. The van der Waals surface area contributed by atoms with Gasteiger partial charge in [-0.15, -0.1) is 0 Å². The van der Waals surface area contributed by atoms with Gasteiger partial charge in [0.05, 0.1) is 12.7 Å². The largest absolute Gasteiger partial charge is 0.394 e. The van der Waals surface area contributed by atoms with E-state index in [1.165, 1.54) is 0 Å². The molecular weight excluding hydrogens is 270 g/mol. The number of rotatable bonds is 5. The Kier molecular flexibility index (Phi) is 4.17. The molecule has 0 spiro atoms. The third-order valence-electron chi connectivity index (χ3n) is 2.84. The van der Waals surface area contributed by atoms with Crippen molar-refractivity contribution in [2.75, 3.05) is 23.0 Å². The molecule has 1 fully saturated rings. The van der Waals surface area contributed by atoms with E-state index in [9.17, 15) is 14.7 Å². The molecule has 0 aromatic carbocycles. The normalized spacial score (nSPS) is 25.4. The van der Waals surface area contributed by atoms with E-state index < -0.39 is 24.0 Å². The van der Waals surface area contributed by atoms with E-state index in [1.54, 1.807) is 0 Å². The number of carbonyl (C=O) groups is 1. The molecule has 2 heterocycles. The van der Waals surface area contributed by atoms with E-state index in [2.05, 4.69) is 20.6 Å². The number of hydrogen-bond donors (Lipinski definition) is 6. The van der Waals surface area contributed by atoms with Crippen molar-refractivity contribution in [2.45, 2.75) is 24.9 Å². The van der Waals surface area contributed by atoms with Crippen LogP contribution in [-0.2, 0) is 9.53 Å². The van der Waals surface area contributed by atoms with Gasteiger partial charge >= 0.3 is 0 Å². The summed E-state index contributed by atoms with van der Waals surface area (Å²) in [5.74, 6) is -0.111. The standard InChI is InChI=1S/C10H15N5O5/c11-10-14-8(7(12-3-17)9(19)15-10)13-6-1-4(18)5(2-16)20-6/h3-6,16,18H,1-2H2,(H,12,17)(H4,11,13,14,15,19)/t4?,5-,6-/m1/s1. The van der Waals surface area contributed by atoms with Crippen LogP contribution in [0.4, 0.5) is 17.5 Å². The number of nitrogens with one attached hydrogen (secondary N) is 3. The van der Waals surface area contributed by atoms with Gasteiger partial charge in [-0.25, -0.2) is 0 Å². The lowest BCUT2D eigenvalue weighted by molar-refractivity contribution is -0.105. The van der Waals surface area contributed by atoms with Crippen molar-refractivity contribution in [1.29, 1.82) is 0 Å². The van der Waals surface area contributed by atoms with Crippen LogP contribution in [0.2, 0.25) is 0 Å². The SMILES string of the molecule is Nc1nc(N[C@H]2CC(O)[C@@H](CO)O2)c(NC=O)c(=O)[nH]1. The number of anilines is 3. The molecule has 10 nitrogen and oxygen atoms in total. The number of nitrogens with zero attached hydrogens (tertiary/aromatic N) is 1. The molecule has 1 amide bonds. The number of hydrogen-bond acceptors (Lipinski definition) is 8. The van der Waals surface area contributed by atoms with Gasteiger partial charge < -0.3 is 31.3 Å². The number of aromatic amines is 1. The van der Waals surface area contributed by atoms with Crippen molar-refractivity contribution in [3.05, 3.63) is 10.4 Å². The first kappa shape index (κ1) is 14.2. The number of nitrogens with two attached hydrogens (primary N) is 1. The van der Waals surface area contributed by atoms with E-state index in [4.69, 9.17) is 15.6 Å². The van der Waals surface area contributed by atoms with Gasteiger partial charge in [-0.3, -0.25) is 14.6 Å². The summed E-state index contributed by atoms with van der Waals surface area (Å²) in [5, 5.41) is 23.5. The first-order valence-corrected chi connectivity index (χ1v) is 5.86. The highest BCUT2D eigenvalue weighted by Crippen LogP contribution is 2.23. The first-order chi connectivity index (χ1) is 9.55. The molecule has 3 atom stereocenters. The van der Waals surface area contributed by atoms with Crippen LogP contribution in [0.1, 0.15) is 6.42 Å². The summed E-state index contributed by atoms with van der Waals surface area (Å²) in [4.78, 5) is 28.2. The molecule has 1 unspecified atom stereocenters. The molecule has 1 saturated heterocycles. The predicted molar refractivity (Wildman–Crippen MR) is 69.0 cm³/mol. The zero-order valence-electron chi connectivity index (χ0n) is 10.4. The molecular formula is C10H15N5O5. The average Bonchev–Trinajstić information content (AvgIpc) is 2.73. The molecule has 0 radical (unpaired) electrons. The third-order valence-corrected chi connectivity index (χ3v) is 2.84. The average molecular weight is 285 g/mol. The second kappa shape index (κ2) is 5.86. The molecule has 110 valence electrons. The Morgan fingerprint density at radius 1 is 1.60 bits per heavy atom. The smallest absolute Gasteiger partial charge is 0.278 e. The lowest BCUT2D eigenvalue weighted by Gasteiger charge is -2.16. The van der Waals surface area contributed by atoms with Crippen LogP contribution in [0.3, 0.4) is 0 Å². The number of aliphatic hydroxyl groups excluding tert-OH is 2. The zero-order valence-corrected chi connectivity index (χ0v) is 10.4. The number of aromatic nitrogens is 2. The van der Waals surface area contributed by atoms with E-state index in [-0.39, 0.29) is 30.5 Å². The second-order valence-corrected chi connectivity index (χ2v) is 4.23. The Morgan fingerprint density at radius 2 is 2.35 bits per heavy atom. The van der Waals surface area contributed by atoms with Crippen molar-refractivity contribution in [1.82, 2.24) is 9.97 Å². The van der Waals surface area contributed by atoms with Gasteiger partial charge in [-0.05, 0) is 0 Å². The lowest BCUT2D eigenvalue weighted by atomic mass is 10.2. The Morgan fingerprint density at radius 3 is 2.95 bits per heavy atom. The van der Waals surface area contributed by atoms with E-state index in [0.29, 0.717) is 6.41 Å². The van der Waals surface area contributed by atoms with Gasteiger partial charge in [-0.1, -0.05) is 0 Å². The van der Waals surface area contributed by atoms with Crippen LogP contribution in [0.5, 0.6) is 0 Å². The molecule has 1 aliphatic heterocycles. The maximum atomic E-state index is 11.6. The van der Waals surface area contributed by atoms with Crippen LogP contribution in [0.25, 0.3) is 0 Å². The first-order valence-electron chi connectivity index (χ1n) is 5.86. The van der Waals surface area contributed by atoms with Crippen molar-refractivity contribution in [3.63, 3.8) is 0 Å². The van der Waals surface area contributed by atoms with Gasteiger partial charge in [0.25, 0.3) is 5.56 Å². The summed E-state index contributed by atoms with van der Waals surface area (Å²) in [6, 6.07) is 0. The Labute approximate surface area is 113 Å². The fourth-order valence-electron chi connectivity index (χ4n) is 1.93. The lowest BCUT2D eigenvalue weighted by Crippen LogP contribution is -2.26. The van der Waals surface area contributed by atoms with Crippen LogP contribution in [-0.4, -0.2) is 51.6 Å². The highest BCUT2D eigenvalue weighted by atomic mass is 16.5. The van der Waals surface area contributed by atoms with Gasteiger partial charge in [0.1, 0.15) is 18.0 Å². The highest BCUT2D eigenvalue weighted by Gasteiger charge is 2.34. The molecule has 0 bridgehead atoms. The van der Waals surface area contributed by atoms with Gasteiger partial charge in [-0.2, -0.15) is 4.98 Å². The van der Waals surface area contributed by atoms with Gasteiger partial charge in [0, 0.05) is 6.42 Å². The number of carbonyl (C=O) groups excluding carboxylic acids is 1. The highest BCUT2D eigenvalue weighted by molar-refractivity contribution is 5.78. The molecule has 0 aliphatic carbocycles. The summed E-state index contributed by atoms with van der Waals surface area (Å²) in [5.41, 5.74) is 4.69. The number of nitrogen functional groups attached to an aromatic ring is 1. The van der Waals surface area contributed by atoms with Crippen LogP contribution in [0.15, 0.2) is 4.79 Å². The minimum absolute atomic E-state index is 0.0224. The van der Waals surface area contributed by atoms with Crippen molar-refractivity contribution >= 4 is 23.9 Å². The topological polar surface area (TPSA) is 163 Å². The molecule has 20 heavy (non-hydrogen) atoms. The Bertz CT molecular complexity index is 547. The number of H-pyrrole nitrogens is 1. The van der Waals surface area contributed by atoms with Crippen LogP contribution >= 0.6 is 0 Å². The van der Waals surface area contributed by atoms with Crippen molar-refractivity contribution in [3.8, 4) is 0 Å². The summed E-state index contributed by atoms with van der Waals surface area (Å²) in [6.07, 6.45) is -1.69. The van der Waals surface area contributed by atoms with Crippen molar-refractivity contribution in [2.24, 2.45) is 0 Å². The minimum atomic E-state index is -0.834. The summed E-state index contributed by atoms with van der Waals surface area (Å²) < 4.78 is 5.32. The summed E-state index contributed by atoms with van der Waals surface area (Å²) >= 11 is 0. The summed E-state index contributed by atoms with van der Waals surface area (Å²) in [7, 11) is 0. The molecule has 2 rings (SSSR count). The Balaban J connectivity index is 2.21. The van der Waals surface area contributed by atoms with E-state index >= 15 is 0 Å². The molecule has 1 aromatic heterocycles. The fourth-order valence-corrected chi connectivity index (χ4v) is 1.93. The van der Waals surface area contributed by atoms with Gasteiger partial charge in [0.2, 0.25) is 12.4 Å². The minimum Gasteiger partial charge on any atom is -0.394 e. The zero-order chi connectivity index (χ0) is 14.7. The molecule has 1 aromatic rings. The van der Waals surface area contributed by atoms with Crippen LogP contribution in [0, 0.1) is 0 Å². The van der Waals surface area contributed by atoms with Crippen molar-refractivity contribution < 1.29 is 19.7 Å². The molecule has 7 N–H and O–H groups in total. The molecule has 10 heteroatoms. The number of ether oxygens (including phenoxy) is 1. The third kappa shape index (κ3) is 2.87. The molecule has 0 saturated carbocycles.